The van der Waals surface area contributed by atoms with E-state index in [1.54, 1.807) is 32.0 Å². The van der Waals surface area contributed by atoms with Crippen LogP contribution in [-0.4, -0.2) is 37.7 Å². The average molecular weight is 405 g/mol. The number of hydrogen-bond acceptors (Lipinski definition) is 7. The third-order valence-corrected chi connectivity index (χ3v) is 4.96. The van der Waals surface area contributed by atoms with Crippen molar-refractivity contribution in [3.05, 3.63) is 45.8 Å². The molecule has 0 fully saturated rings. The second-order valence-corrected chi connectivity index (χ2v) is 7.02. The van der Waals surface area contributed by atoms with Crippen LogP contribution in [0, 0.1) is 13.8 Å². The molecule has 0 aliphatic carbocycles. The molecule has 0 aliphatic heterocycles. The van der Waals surface area contributed by atoms with Crippen molar-refractivity contribution in [2.24, 2.45) is 0 Å². The summed E-state index contributed by atoms with van der Waals surface area (Å²) in [7, 11) is 0. The van der Waals surface area contributed by atoms with Gasteiger partial charge in [-0.05, 0) is 51.5 Å². The van der Waals surface area contributed by atoms with Crippen molar-refractivity contribution in [3.63, 3.8) is 0 Å². The molecule has 1 aromatic heterocycles. The van der Waals surface area contributed by atoms with Crippen molar-refractivity contribution >= 4 is 34.2 Å². The summed E-state index contributed by atoms with van der Waals surface area (Å²) in [6.07, 6.45) is 0. The van der Waals surface area contributed by atoms with Gasteiger partial charge in [0, 0.05) is 4.88 Å². The summed E-state index contributed by atoms with van der Waals surface area (Å²) < 4.78 is 15.5. The van der Waals surface area contributed by atoms with Crippen LogP contribution in [0.15, 0.2) is 24.3 Å². The Morgan fingerprint density at radius 1 is 1.04 bits per heavy atom. The molecule has 2 rings (SSSR count). The highest BCUT2D eigenvalue weighted by Gasteiger charge is 2.22. The van der Waals surface area contributed by atoms with Crippen LogP contribution in [0.1, 0.15) is 45.0 Å². The number of benzene rings is 1. The molecular formula is C20H23NO6S. The van der Waals surface area contributed by atoms with Crippen molar-refractivity contribution in [1.82, 2.24) is 0 Å². The first-order chi connectivity index (χ1) is 13.4. The summed E-state index contributed by atoms with van der Waals surface area (Å²) in [4.78, 5) is 37.1. The molecule has 7 nitrogen and oxygen atoms in total. The van der Waals surface area contributed by atoms with Gasteiger partial charge in [-0.2, -0.15) is 0 Å². The van der Waals surface area contributed by atoms with Gasteiger partial charge < -0.3 is 19.5 Å². The topological polar surface area (TPSA) is 90.9 Å². The highest BCUT2D eigenvalue weighted by molar-refractivity contribution is 7.16. The van der Waals surface area contributed by atoms with Crippen LogP contribution < -0.4 is 10.1 Å². The molecule has 0 radical (unpaired) electrons. The Balaban J connectivity index is 2.04. The smallest absolute Gasteiger partial charge is 0.341 e. The molecule has 0 bridgehead atoms. The van der Waals surface area contributed by atoms with Gasteiger partial charge in [0.1, 0.15) is 10.8 Å². The molecule has 2 aromatic rings. The Kier molecular flexibility index (Phi) is 7.57. The molecule has 0 aliphatic rings. The number of esters is 2. The van der Waals surface area contributed by atoms with E-state index in [0.717, 1.165) is 10.4 Å². The minimum Gasteiger partial charge on any atom is -0.484 e. The maximum atomic E-state index is 12.3. The zero-order valence-corrected chi connectivity index (χ0v) is 17.1. The maximum absolute atomic E-state index is 12.3. The van der Waals surface area contributed by atoms with E-state index in [4.69, 9.17) is 14.2 Å². The predicted octanol–water partition coefficient (Wildman–Crippen LogP) is 3.74. The highest BCUT2D eigenvalue weighted by atomic mass is 32.1. The van der Waals surface area contributed by atoms with Crippen LogP contribution in [0.4, 0.5) is 5.00 Å². The number of amides is 1. The molecule has 1 aromatic carbocycles. The molecule has 1 heterocycles. The minimum absolute atomic E-state index is 0.250. The van der Waals surface area contributed by atoms with Gasteiger partial charge in [-0.25, -0.2) is 9.59 Å². The predicted molar refractivity (Wildman–Crippen MR) is 106 cm³/mol. The molecule has 28 heavy (non-hydrogen) atoms. The lowest BCUT2D eigenvalue weighted by molar-refractivity contribution is -0.118. The summed E-state index contributed by atoms with van der Waals surface area (Å²) in [6.45, 7) is 7.38. The summed E-state index contributed by atoms with van der Waals surface area (Å²) in [5.74, 6) is -0.984. The lowest BCUT2D eigenvalue weighted by atomic mass is 10.1. The van der Waals surface area contributed by atoms with Crippen LogP contribution in [-0.2, 0) is 14.3 Å². The standard InChI is InChI=1S/C20H23NO6S/c1-5-25-19(23)14-8-7-9-15(10-14)27-11-16(22)21-18-17(20(24)26-6-2)12(3)13(4)28-18/h7-10H,5-6,11H2,1-4H3,(H,21,22). The SMILES string of the molecule is CCOC(=O)c1cccc(OCC(=O)Nc2sc(C)c(C)c2C(=O)OCC)c1. The third-order valence-electron chi connectivity index (χ3n) is 3.83. The number of carbonyl (C=O) groups is 3. The Labute approximate surface area is 167 Å². The second-order valence-electron chi connectivity index (χ2n) is 5.79. The number of carbonyl (C=O) groups excluding carboxylic acids is 3. The summed E-state index contributed by atoms with van der Waals surface area (Å²) in [6, 6.07) is 6.40. The highest BCUT2D eigenvalue weighted by Crippen LogP contribution is 2.33. The van der Waals surface area contributed by atoms with Crippen molar-refractivity contribution in [1.29, 1.82) is 0 Å². The molecule has 8 heteroatoms. The molecular weight excluding hydrogens is 382 g/mol. The van der Waals surface area contributed by atoms with Gasteiger partial charge in [-0.3, -0.25) is 4.79 Å². The van der Waals surface area contributed by atoms with E-state index in [0.29, 0.717) is 21.9 Å². The fraction of sp³-hybridized carbons (Fsp3) is 0.350. The van der Waals surface area contributed by atoms with Crippen LogP contribution in [0.3, 0.4) is 0 Å². The normalized spacial score (nSPS) is 10.3. The lowest BCUT2D eigenvalue weighted by Crippen LogP contribution is -2.21. The van der Waals surface area contributed by atoms with Gasteiger partial charge in [0.25, 0.3) is 5.91 Å². The quantitative estimate of drug-likeness (QED) is 0.673. The number of thiophene rings is 1. The minimum atomic E-state index is -0.470. The molecule has 0 saturated carbocycles. The first-order valence-electron chi connectivity index (χ1n) is 8.84. The first-order valence-corrected chi connectivity index (χ1v) is 9.65. The summed E-state index contributed by atoms with van der Waals surface area (Å²) in [5.41, 5.74) is 1.48. The van der Waals surface area contributed by atoms with Gasteiger partial charge in [0.15, 0.2) is 6.61 Å². The zero-order valence-electron chi connectivity index (χ0n) is 16.3. The van der Waals surface area contributed by atoms with Crippen molar-refractivity contribution in [2.45, 2.75) is 27.7 Å². The van der Waals surface area contributed by atoms with E-state index < -0.39 is 17.8 Å². The molecule has 0 saturated heterocycles. The Bertz CT molecular complexity index is 874. The molecule has 150 valence electrons. The number of rotatable bonds is 8. The summed E-state index contributed by atoms with van der Waals surface area (Å²) >= 11 is 1.31. The largest absolute Gasteiger partial charge is 0.484 e. The Hall–Kier alpha value is -2.87. The molecule has 0 atom stereocenters. The monoisotopic (exact) mass is 405 g/mol. The molecule has 0 spiro atoms. The van der Waals surface area contributed by atoms with Crippen molar-refractivity contribution in [2.75, 3.05) is 25.1 Å². The van der Waals surface area contributed by atoms with Crippen LogP contribution >= 0.6 is 11.3 Å². The van der Waals surface area contributed by atoms with E-state index in [1.165, 1.54) is 17.4 Å². The number of anilines is 1. The zero-order chi connectivity index (χ0) is 20.7. The van der Waals surface area contributed by atoms with E-state index in [2.05, 4.69) is 5.32 Å². The van der Waals surface area contributed by atoms with Gasteiger partial charge in [-0.15, -0.1) is 11.3 Å². The lowest BCUT2D eigenvalue weighted by Gasteiger charge is -2.09. The van der Waals surface area contributed by atoms with Gasteiger partial charge >= 0.3 is 11.9 Å². The van der Waals surface area contributed by atoms with Gasteiger partial charge in [0.05, 0.1) is 24.3 Å². The Morgan fingerprint density at radius 2 is 1.71 bits per heavy atom. The van der Waals surface area contributed by atoms with Crippen molar-refractivity contribution < 1.29 is 28.6 Å². The van der Waals surface area contributed by atoms with Crippen LogP contribution in [0.25, 0.3) is 0 Å². The first kappa shape index (κ1) is 21.4. The molecule has 1 amide bonds. The number of nitrogens with one attached hydrogen (secondary N) is 1. The number of hydrogen-bond donors (Lipinski definition) is 1. The van der Waals surface area contributed by atoms with Gasteiger partial charge in [0.2, 0.25) is 0 Å². The third kappa shape index (κ3) is 5.32. The fourth-order valence-corrected chi connectivity index (χ4v) is 3.47. The van der Waals surface area contributed by atoms with Crippen LogP contribution in [0.5, 0.6) is 5.75 Å². The number of aryl methyl sites for hydroxylation is 1. The van der Waals surface area contributed by atoms with E-state index in [9.17, 15) is 14.4 Å². The summed E-state index contributed by atoms with van der Waals surface area (Å²) in [5, 5.41) is 3.13. The van der Waals surface area contributed by atoms with E-state index in [1.807, 2.05) is 13.8 Å². The molecule has 1 N–H and O–H groups in total. The van der Waals surface area contributed by atoms with Gasteiger partial charge in [-0.1, -0.05) is 6.07 Å². The maximum Gasteiger partial charge on any atom is 0.341 e. The number of ether oxygens (including phenoxy) is 3. The van der Waals surface area contributed by atoms with E-state index in [-0.39, 0.29) is 19.8 Å². The fourth-order valence-electron chi connectivity index (χ4n) is 2.40. The van der Waals surface area contributed by atoms with Crippen LogP contribution in [0.2, 0.25) is 0 Å². The van der Waals surface area contributed by atoms with E-state index >= 15 is 0 Å². The Morgan fingerprint density at radius 3 is 2.39 bits per heavy atom. The van der Waals surface area contributed by atoms with Crippen molar-refractivity contribution in [3.8, 4) is 5.75 Å². The molecule has 0 unspecified atom stereocenters. The second kappa shape index (κ2) is 9.89. The average Bonchev–Trinajstić information content (AvgIpc) is 2.94.